The number of alkyl halides is 1. The van der Waals surface area contributed by atoms with Crippen molar-refractivity contribution in [1.29, 1.82) is 0 Å². The molecule has 18 heavy (non-hydrogen) atoms. The number of aromatic nitrogens is 3. The number of unbranched alkanes of at least 4 members (excludes halogenated alkanes) is 3. The molecule has 2 heterocycles. The van der Waals surface area contributed by atoms with Gasteiger partial charge in [0.15, 0.2) is 5.16 Å². The van der Waals surface area contributed by atoms with Crippen LogP contribution in [-0.4, -0.2) is 26.4 Å². The molecule has 0 aromatic carbocycles. The third-order valence-corrected chi connectivity index (χ3v) is 4.65. The molecule has 0 saturated heterocycles. The largest absolute Gasteiger partial charge is 0.306 e. The lowest BCUT2D eigenvalue weighted by molar-refractivity contribution is 0.590. The van der Waals surface area contributed by atoms with Gasteiger partial charge in [-0.1, -0.05) is 31.0 Å². The first-order valence-corrected chi connectivity index (χ1v) is 8.54. The van der Waals surface area contributed by atoms with Crippen LogP contribution in [0.5, 0.6) is 0 Å². The molecule has 0 N–H and O–H groups in total. The Hall–Kier alpha value is -0.220. The smallest absolute Gasteiger partial charge is 0.191 e. The van der Waals surface area contributed by atoms with E-state index in [0.717, 1.165) is 36.2 Å². The van der Waals surface area contributed by atoms with Gasteiger partial charge in [0, 0.05) is 24.6 Å². The Morgan fingerprint density at radius 2 is 1.94 bits per heavy atom. The van der Waals surface area contributed by atoms with Crippen molar-refractivity contribution in [3.8, 4) is 0 Å². The molecule has 102 valence electrons. The van der Waals surface area contributed by atoms with Crippen molar-refractivity contribution < 1.29 is 0 Å². The molecule has 0 unspecified atom stereocenters. The normalized spacial score (nSPS) is 15.4. The maximum atomic E-state index is 5.66. The van der Waals surface area contributed by atoms with Gasteiger partial charge in [-0.05, 0) is 25.7 Å². The molecule has 0 fully saturated rings. The minimum absolute atomic E-state index is 0.796. The highest BCUT2D eigenvalue weighted by atomic mass is 35.5. The minimum Gasteiger partial charge on any atom is -0.306 e. The lowest BCUT2D eigenvalue weighted by Crippen LogP contribution is -2.02. The summed E-state index contributed by atoms with van der Waals surface area (Å²) in [5, 5.41) is 9.78. The Balaban J connectivity index is 1.74. The van der Waals surface area contributed by atoms with Crippen LogP contribution in [0.2, 0.25) is 0 Å². The summed E-state index contributed by atoms with van der Waals surface area (Å²) in [4.78, 5) is 0. The number of nitrogens with zero attached hydrogens (tertiary/aromatic N) is 3. The van der Waals surface area contributed by atoms with Crippen LogP contribution in [0.15, 0.2) is 5.16 Å². The van der Waals surface area contributed by atoms with E-state index < -0.39 is 0 Å². The van der Waals surface area contributed by atoms with E-state index >= 15 is 0 Å². The number of thioether (sulfide) groups is 1. The fourth-order valence-electron chi connectivity index (χ4n) is 2.28. The van der Waals surface area contributed by atoms with Gasteiger partial charge < -0.3 is 4.57 Å². The Kier molecular flexibility index (Phi) is 6.35. The number of hydrogen-bond acceptors (Lipinski definition) is 3. The van der Waals surface area contributed by atoms with Crippen LogP contribution in [0.1, 0.15) is 50.8 Å². The van der Waals surface area contributed by atoms with Crippen LogP contribution in [0.25, 0.3) is 0 Å². The molecule has 2 rings (SSSR count). The van der Waals surface area contributed by atoms with Gasteiger partial charge >= 0.3 is 0 Å². The van der Waals surface area contributed by atoms with Crippen LogP contribution in [0.3, 0.4) is 0 Å². The Morgan fingerprint density at radius 1 is 1.06 bits per heavy atom. The van der Waals surface area contributed by atoms with E-state index in [0.29, 0.717) is 0 Å². The summed E-state index contributed by atoms with van der Waals surface area (Å²) in [6, 6.07) is 0. The third-order valence-electron chi connectivity index (χ3n) is 3.33. The third kappa shape index (κ3) is 4.16. The van der Waals surface area contributed by atoms with Crippen LogP contribution in [0.4, 0.5) is 0 Å². The van der Waals surface area contributed by atoms with Gasteiger partial charge in [-0.3, -0.25) is 0 Å². The number of halogens is 1. The lowest BCUT2D eigenvalue weighted by Gasteiger charge is -2.06. The van der Waals surface area contributed by atoms with E-state index in [4.69, 9.17) is 11.6 Å². The zero-order chi connectivity index (χ0) is 12.6. The molecule has 0 saturated carbocycles. The van der Waals surface area contributed by atoms with Crippen molar-refractivity contribution in [1.82, 2.24) is 14.8 Å². The number of aryl methyl sites for hydroxylation is 1. The van der Waals surface area contributed by atoms with Gasteiger partial charge in [-0.25, -0.2) is 0 Å². The molecule has 1 aliphatic rings. The zero-order valence-corrected chi connectivity index (χ0v) is 12.5. The summed E-state index contributed by atoms with van der Waals surface area (Å²) in [5.74, 6) is 3.14. The summed E-state index contributed by atoms with van der Waals surface area (Å²) >= 11 is 7.53. The molecule has 1 aliphatic heterocycles. The molecule has 1 aromatic rings. The van der Waals surface area contributed by atoms with Gasteiger partial charge in [0.2, 0.25) is 0 Å². The Morgan fingerprint density at radius 3 is 2.83 bits per heavy atom. The van der Waals surface area contributed by atoms with Crippen LogP contribution < -0.4 is 0 Å². The number of hydrogen-bond donors (Lipinski definition) is 0. The lowest BCUT2D eigenvalue weighted by atomic mass is 10.2. The molecule has 0 aliphatic carbocycles. The van der Waals surface area contributed by atoms with Crippen molar-refractivity contribution in [2.24, 2.45) is 0 Å². The highest BCUT2D eigenvalue weighted by molar-refractivity contribution is 7.99. The van der Waals surface area contributed by atoms with E-state index in [1.807, 2.05) is 11.8 Å². The second-order valence-corrected chi connectivity index (χ2v) is 6.25. The molecule has 3 nitrogen and oxygen atoms in total. The van der Waals surface area contributed by atoms with Gasteiger partial charge in [0.25, 0.3) is 0 Å². The number of rotatable bonds is 7. The molecule has 0 bridgehead atoms. The molecular formula is C13H22ClN3S. The fourth-order valence-corrected chi connectivity index (χ4v) is 3.45. The van der Waals surface area contributed by atoms with Crippen molar-refractivity contribution in [3.63, 3.8) is 0 Å². The first-order valence-electron chi connectivity index (χ1n) is 7.02. The first-order chi connectivity index (χ1) is 8.92. The van der Waals surface area contributed by atoms with Gasteiger partial charge in [-0.15, -0.1) is 21.8 Å². The standard InChI is InChI=1S/C13H22ClN3S/c14-9-5-1-2-7-11-18-13-16-15-12-8-4-3-6-10-17(12)13/h1-11H2. The molecule has 0 amide bonds. The minimum atomic E-state index is 0.796. The second kappa shape index (κ2) is 8.05. The van der Waals surface area contributed by atoms with Crippen molar-refractivity contribution >= 4 is 23.4 Å². The molecule has 0 radical (unpaired) electrons. The highest BCUT2D eigenvalue weighted by Crippen LogP contribution is 2.22. The quantitative estimate of drug-likeness (QED) is 0.433. The molecule has 0 spiro atoms. The van der Waals surface area contributed by atoms with E-state index in [9.17, 15) is 0 Å². The Labute approximate surface area is 119 Å². The van der Waals surface area contributed by atoms with E-state index in [2.05, 4.69) is 14.8 Å². The van der Waals surface area contributed by atoms with Gasteiger partial charge in [0.05, 0.1) is 0 Å². The number of fused-ring (bicyclic) bond motifs is 1. The topological polar surface area (TPSA) is 30.7 Å². The summed E-state index contributed by atoms with van der Waals surface area (Å²) < 4.78 is 2.33. The fraction of sp³-hybridized carbons (Fsp3) is 0.846. The van der Waals surface area contributed by atoms with Crippen LogP contribution in [-0.2, 0) is 13.0 Å². The maximum absolute atomic E-state index is 5.66. The van der Waals surface area contributed by atoms with Crippen LogP contribution in [0, 0.1) is 0 Å². The second-order valence-electron chi connectivity index (χ2n) is 4.81. The monoisotopic (exact) mass is 287 g/mol. The van der Waals surface area contributed by atoms with Crippen molar-refractivity contribution in [2.75, 3.05) is 11.6 Å². The Bertz CT molecular complexity index is 354. The first kappa shape index (κ1) is 14.2. The maximum Gasteiger partial charge on any atom is 0.191 e. The van der Waals surface area contributed by atoms with Gasteiger partial charge in [-0.2, -0.15) is 0 Å². The summed E-state index contributed by atoms with van der Waals surface area (Å²) in [6.45, 7) is 1.11. The molecule has 5 heteroatoms. The molecule has 1 aromatic heterocycles. The van der Waals surface area contributed by atoms with Crippen molar-refractivity contribution in [2.45, 2.75) is 63.1 Å². The average Bonchev–Trinajstić information content (AvgIpc) is 2.62. The van der Waals surface area contributed by atoms with E-state index in [1.54, 1.807) is 0 Å². The van der Waals surface area contributed by atoms with E-state index in [1.165, 1.54) is 44.3 Å². The van der Waals surface area contributed by atoms with Crippen molar-refractivity contribution in [3.05, 3.63) is 5.82 Å². The van der Waals surface area contributed by atoms with Gasteiger partial charge in [0.1, 0.15) is 5.82 Å². The predicted octanol–water partition coefficient (Wildman–Crippen LogP) is 3.90. The van der Waals surface area contributed by atoms with E-state index in [-0.39, 0.29) is 0 Å². The summed E-state index contributed by atoms with van der Waals surface area (Å²) in [7, 11) is 0. The summed E-state index contributed by atoms with van der Waals surface area (Å²) in [5.41, 5.74) is 0. The van der Waals surface area contributed by atoms with Crippen LogP contribution >= 0.6 is 23.4 Å². The predicted molar refractivity (Wildman–Crippen MR) is 77.5 cm³/mol. The average molecular weight is 288 g/mol. The SMILES string of the molecule is ClCCCCCCSc1nnc2n1CCCCC2. The highest BCUT2D eigenvalue weighted by Gasteiger charge is 2.14. The summed E-state index contributed by atoms with van der Waals surface area (Å²) in [6.07, 6.45) is 9.89. The zero-order valence-electron chi connectivity index (χ0n) is 10.9. The molecular weight excluding hydrogens is 266 g/mol. The molecule has 0 atom stereocenters.